The minimum Gasteiger partial charge on any atom is -0.382 e. The van der Waals surface area contributed by atoms with Crippen LogP contribution in [0.5, 0.6) is 0 Å². The van der Waals surface area contributed by atoms with Crippen LogP contribution in [-0.2, 0) is 14.4 Å². The molecule has 1 fully saturated rings. The van der Waals surface area contributed by atoms with Crippen molar-refractivity contribution in [3.63, 3.8) is 0 Å². The minimum absolute atomic E-state index is 0.138. The highest BCUT2D eigenvalue weighted by molar-refractivity contribution is 6.42. The first kappa shape index (κ1) is 18.5. The van der Waals surface area contributed by atoms with Crippen molar-refractivity contribution < 1.29 is 14.4 Å². The van der Waals surface area contributed by atoms with Crippen molar-refractivity contribution in [3.05, 3.63) is 33.8 Å². The average Bonchev–Trinajstić information content (AvgIpc) is 3.12. The van der Waals surface area contributed by atoms with Crippen LogP contribution >= 0.6 is 23.2 Å². The monoisotopic (exact) mass is 385 g/mol. The van der Waals surface area contributed by atoms with E-state index in [4.69, 9.17) is 32.8 Å². The lowest BCUT2D eigenvalue weighted by Gasteiger charge is -2.26. The van der Waals surface area contributed by atoms with E-state index in [9.17, 15) is 4.79 Å². The molecule has 1 aromatic carbocycles. The Morgan fingerprint density at radius 1 is 1.28 bits per heavy atom. The molecule has 0 aliphatic carbocycles. The fourth-order valence-electron chi connectivity index (χ4n) is 2.82. The zero-order valence-corrected chi connectivity index (χ0v) is 15.4. The lowest BCUT2D eigenvalue weighted by Crippen LogP contribution is -2.39. The molecule has 2 aliphatic heterocycles. The fraction of sp³-hybridized carbons (Fsp3) is 0.529. The van der Waals surface area contributed by atoms with Gasteiger partial charge in [0.1, 0.15) is 0 Å². The van der Waals surface area contributed by atoms with Crippen molar-refractivity contribution >= 4 is 34.8 Å². The molecule has 8 heteroatoms. The first-order valence-corrected chi connectivity index (χ1v) is 9.15. The predicted octanol–water partition coefficient (Wildman–Crippen LogP) is 2.32. The summed E-state index contributed by atoms with van der Waals surface area (Å²) in [7, 11) is 0. The number of benzene rings is 1. The van der Waals surface area contributed by atoms with Gasteiger partial charge in [-0.2, -0.15) is 0 Å². The zero-order valence-electron chi connectivity index (χ0n) is 13.8. The summed E-state index contributed by atoms with van der Waals surface area (Å²) in [6, 6.07) is 5.26. The Balaban J connectivity index is 1.40. The molecule has 0 radical (unpaired) electrons. The molecule has 0 bridgehead atoms. The summed E-state index contributed by atoms with van der Waals surface area (Å²) in [6.45, 7) is 5.08. The third kappa shape index (κ3) is 5.07. The van der Waals surface area contributed by atoms with Gasteiger partial charge in [-0.3, -0.25) is 9.69 Å². The van der Waals surface area contributed by atoms with Gasteiger partial charge in [0.2, 0.25) is 6.10 Å². The molecule has 2 aliphatic rings. The summed E-state index contributed by atoms with van der Waals surface area (Å²) < 4.78 is 5.32. The Labute approximate surface area is 157 Å². The highest BCUT2D eigenvalue weighted by atomic mass is 35.5. The summed E-state index contributed by atoms with van der Waals surface area (Å²) in [5.74, 6) is -0.138. The van der Waals surface area contributed by atoms with E-state index in [1.807, 2.05) is 6.07 Å². The van der Waals surface area contributed by atoms with Gasteiger partial charge in [0, 0.05) is 31.6 Å². The maximum Gasteiger partial charge on any atom is 0.264 e. The van der Waals surface area contributed by atoms with Gasteiger partial charge in [0.25, 0.3) is 5.91 Å². The zero-order chi connectivity index (χ0) is 17.6. The fourth-order valence-corrected chi connectivity index (χ4v) is 3.12. The standard InChI is InChI=1S/C17H21Cl2N3O3/c18-13-3-2-12(10-14(13)19)15-11-16(25-21-15)17(23)20-4-1-5-22-6-8-24-9-7-22/h2-3,10,16H,1,4-9,11H2,(H,20,23)/t16-/m0/s1. The van der Waals surface area contributed by atoms with Gasteiger partial charge in [-0.25, -0.2) is 0 Å². The molecule has 136 valence electrons. The number of ether oxygens (including phenoxy) is 1. The molecule has 0 spiro atoms. The molecule has 1 saturated heterocycles. The molecule has 1 amide bonds. The second-order valence-electron chi connectivity index (χ2n) is 6.06. The van der Waals surface area contributed by atoms with Crippen LogP contribution in [0.4, 0.5) is 0 Å². The average molecular weight is 386 g/mol. The maximum atomic E-state index is 12.2. The first-order valence-electron chi connectivity index (χ1n) is 8.39. The van der Waals surface area contributed by atoms with Crippen LogP contribution < -0.4 is 5.32 Å². The van der Waals surface area contributed by atoms with E-state index < -0.39 is 6.10 Å². The molecular formula is C17H21Cl2N3O3. The van der Waals surface area contributed by atoms with Gasteiger partial charge in [-0.05, 0) is 25.1 Å². The van der Waals surface area contributed by atoms with Gasteiger partial charge in [-0.15, -0.1) is 0 Å². The highest BCUT2D eigenvalue weighted by Crippen LogP contribution is 2.25. The number of rotatable bonds is 6. The van der Waals surface area contributed by atoms with Crippen LogP contribution in [0.25, 0.3) is 0 Å². The minimum atomic E-state index is -0.590. The van der Waals surface area contributed by atoms with E-state index in [0.717, 1.165) is 44.8 Å². The van der Waals surface area contributed by atoms with E-state index in [2.05, 4.69) is 15.4 Å². The smallest absolute Gasteiger partial charge is 0.264 e. The van der Waals surface area contributed by atoms with Crippen molar-refractivity contribution in [3.8, 4) is 0 Å². The predicted molar refractivity (Wildman–Crippen MR) is 97.4 cm³/mol. The number of hydrogen-bond acceptors (Lipinski definition) is 5. The van der Waals surface area contributed by atoms with E-state index in [0.29, 0.717) is 28.7 Å². The third-order valence-electron chi connectivity index (χ3n) is 4.27. The number of nitrogens with zero attached hydrogens (tertiary/aromatic N) is 2. The Morgan fingerprint density at radius 3 is 2.84 bits per heavy atom. The van der Waals surface area contributed by atoms with Crippen molar-refractivity contribution in [2.45, 2.75) is 18.9 Å². The molecular weight excluding hydrogens is 365 g/mol. The number of hydrogen-bond donors (Lipinski definition) is 1. The Kier molecular flexibility index (Phi) is 6.53. The van der Waals surface area contributed by atoms with Gasteiger partial charge < -0.3 is 14.9 Å². The van der Waals surface area contributed by atoms with Gasteiger partial charge >= 0.3 is 0 Å². The molecule has 2 heterocycles. The molecule has 0 saturated carbocycles. The van der Waals surface area contributed by atoms with Crippen LogP contribution in [0.2, 0.25) is 10.0 Å². The summed E-state index contributed by atoms with van der Waals surface area (Å²) in [5, 5.41) is 7.87. The third-order valence-corrected chi connectivity index (χ3v) is 5.01. The summed E-state index contributed by atoms with van der Waals surface area (Å²) in [6.07, 6.45) is 0.736. The number of halogens is 2. The molecule has 1 N–H and O–H groups in total. The largest absolute Gasteiger partial charge is 0.382 e. The first-order chi connectivity index (χ1) is 12.1. The summed E-state index contributed by atoms with van der Waals surface area (Å²) in [4.78, 5) is 19.8. The Morgan fingerprint density at radius 2 is 2.08 bits per heavy atom. The normalized spacial score (nSPS) is 20.9. The number of nitrogens with one attached hydrogen (secondary N) is 1. The van der Waals surface area contributed by atoms with Crippen LogP contribution in [0, 0.1) is 0 Å². The van der Waals surface area contributed by atoms with E-state index in [1.54, 1.807) is 12.1 Å². The molecule has 0 aromatic heterocycles. The Bertz CT molecular complexity index is 648. The van der Waals surface area contributed by atoms with Crippen molar-refractivity contribution in [1.82, 2.24) is 10.2 Å². The second kappa shape index (κ2) is 8.85. The topological polar surface area (TPSA) is 63.2 Å². The number of morpholine rings is 1. The highest BCUT2D eigenvalue weighted by Gasteiger charge is 2.28. The van der Waals surface area contributed by atoms with Crippen molar-refractivity contribution in [2.24, 2.45) is 5.16 Å². The lowest BCUT2D eigenvalue weighted by molar-refractivity contribution is -0.131. The number of amides is 1. The van der Waals surface area contributed by atoms with Crippen LogP contribution in [-0.4, -0.2) is 62.0 Å². The molecule has 6 nitrogen and oxygen atoms in total. The number of oxime groups is 1. The summed E-state index contributed by atoms with van der Waals surface area (Å²) >= 11 is 11.9. The lowest BCUT2D eigenvalue weighted by atomic mass is 10.0. The van der Waals surface area contributed by atoms with E-state index in [1.165, 1.54) is 0 Å². The molecule has 1 atom stereocenters. The summed E-state index contributed by atoms with van der Waals surface area (Å²) in [5.41, 5.74) is 1.52. The van der Waals surface area contributed by atoms with Crippen molar-refractivity contribution in [1.29, 1.82) is 0 Å². The van der Waals surface area contributed by atoms with Crippen LogP contribution in [0.3, 0.4) is 0 Å². The van der Waals surface area contributed by atoms with Crippen molar-refractivity contribution in [2.75, 3.05) is 39.4 Å². The van der Waals surface area contributed by atoms with E-state index in [-0.39, 0.29) is 5.91 Å². The SMILES string of the molecule is O=C(NCCCN1CCOCC1)[C@@H]1CC(c2ccc(Cl)c(Cl)c2)=NO1. The van der Waals surface area contributed by atoms with Gasteiger partial charge in [0.15, 0.2) is 0 Å². The van der Waals surface area contributed by atoms with Crippen LogP contribution in [0.15, 0.2) is 23.4 Å². The molecule has 0 unspecified atom stereocenters. The molecule has 25 heavy (non-hydrogen) atoms. The van der Waals surface area contributed by atoms with Gasteiger partial charge in [-0.1, -0.05) is 34.4 Å². The molecule has 1 aromatic rings. The van der Waals surface area contributed by atoms with Gasteiger partial charge in [0.05, 0.1) is 29.0 Å². The van der Waals surface area contributed by atoms with E-state index >= 15 is 0 Å². The second-order valence-corrected chi connectivity index (χ2v) is 6.88. The molecule has 3 rings (SSSR count). The maximum absolute atomic E-state index is 12.2. The Hall–Kier alpha value is -1.34. The number of carbonyl (C=O) groups excluding carboxylic acids is 1. The number of carbonyl (C=O) groups is 1. The quantitative estimate of drug-likeness (QED) is 0.763. The van der Waals surface area contributed by atoms with Crippen LogP contribution in [0.1, 0.15) is 18.4 Å².